The maximum Gasteiger partial charge on any atom is 0.326 e. The number of hydrogen-bond donors (Lipinski definition) is 2. The summed E-state index contributed by atoms with van der Waals surface area (Å²) in [6, 6.07) is 5.51. The van der Waals surface area contributed by atoms with Gasteiger partial charge in [-0.3, -0.25) is 9.69 Å². The second kappa shape index (κ2) is 7.85. The van der Waals surface area contributed by atoms with Crippen LogP contribution in [0.3, 0.4) is 0 Å². The van der Waals surface area contributed by atoms with E-state index in [-0.39, 0.29) is 10.1 Å². The Hall–Kier alpha value is -1.51. The Kier molecular flexibility index (Phi) is 6.09. The number of aromatic hydroxyl groups is 1. The number of phenolic OH excluding ortho intramolecular Hbond substituents is 1. The van der Waals surface area contributed by atoms with E-state index in [2.05, 4.69) is 0 Å². The second-order valence-corrected chi connectivity index (χ2v) is 7.44. The molecule has 5 nitrogen and oxygen atoms in total. The van der Waals surface area contributed by atoms with E-state index in [9.17, 15) is 19.8 Å². The lowest BCUT2D eigenvalue weighted by molar-refractivity contribution is -0.145. The van der Waals surface area contributed by atoms with Gasteiger partial charge in [0, 0.05) is 0 Å². The minimum Gasteiger partial charge on any atom is -0.508 e. The van der Waals surface area contributed by atoms with E-state index in [0.717, 1.165) is 11.8 Å². The predicted octanol–water partition coefficient (Wildman–Crippen LogP) is 2.80. The molecule has 122 valence electrons. The van der Waals surface area contributed by atoms with Gasteiger partial charge in [-0.05, 0) is 42.2 Å². The number of carbonyl (C=O) groups excluding carboxylic acids is 1. The molecule has 1 aliphatic heterocycles. The number of carboxylic acid groups (broad SMARTS) is 1. The highest BCUT2D eigenvalue weighted by Crippen LogP contribution is 2.35. The fourth-order valence-electron chi connectivity index (χ4n) is 2.11. The third kappa shape index (κ3) is 4.27. The quantitative estimate of drug-likeness (QED) is 0.590. The number of rotatable bonds is 6. The lowest BCUT2D eigenvalue weighted by atomic mass is 10.1. The number of thioether (sulfide) groups is 2. The van der Waals surface area contributed by atoms with E-state index in [4.69, 9.17) is 12.2 Å². The number of thiocarbonyl (C=S) groups is 1. The molecule has 0 aliphatic carbocycles. The zero-order valence-electron chi connectivity index (χ0n) is 12.3. The summed E-state index contributed by atoms with van der Waals surface area (Å²) in [5.74, 6) is -0.747. The molecule has 2 rings (SSSR count). The summed E-state index contributed by atoms with van der Waals surface area (Å²) in [5, 5.41) is 18.9. The Morgan fingerprint density at radius 1 is 1.52 bits per heavy atom. The molecule has 8 heteroatoms. The molecule has 1 saturated heterocycles. The molecular formula is C15H15NO4S3. The molecule has 23 heavy (non-hydrogen) atoms. The van der Waals surface area contributed by atoms with Crippen LogP contribution in [0.15, 0.2) is 29.2 Å². The Bertz CT molecular complexity index is 674. The number of phenols is 1. The van der Waals surface area contributed by atoms with E-state index >= 15 is 0 Å². The molecule has 0 bridgehead atoms. The van der Waals surface area contributed by atoms with Crippen molar-refractivity contribution in [2.45, 2.75) is 12.5 Å². The Labute approximate surface area is 147 Å². The van der Waals surface area contributed by atoms with Gasteiger partial charge < -0.3 is 10.2 Å². The van der Waals surface area contributed by atoms with Crippen LogP contribution in [-0.2, 0) is 9.59 Å². The van der Waals surface area contributed by atoms with E-state index in [0.29, 0.717) is 22.6 Å². The van der Waals surface area contributed by atoms with Gasteiger partial charge in [-0.15, -0.1) is 0 Å². The maximum atomic E-state index is 12.5. The van der Waals surface area contributed by atoms with Crippen LogP contribution in [0.1, 0.15) is 12.0 Å². The van der Waals surface area contributed by atoms with Crippen molar-refractivity contribution in [1.82, 2.24) is 4.90 Å². The highest BCUT2D eigenvalue weighted by atomic mass is 32.2. The monoisotopic (exact) mass is 369 g/mol. The zero-order chi connectivity index (χ0) is 17.0. The summed E-state index contributed by atoms with van der Waals surface area (Å²) in [6.45, 7) is 0. The molecular weight excluding hydrogens is 354 g/mol. The standard InChI is InChI=1S/C15H15NO4S3/c1-22-6-5-11(14(19)20)16-13(18)12(23-15(16)21)8-9-3-2-4-10(17)7-9/h2-4,7-8,11,17H,5-6H2,1H3,(H,19,20)/b12-8-/t11-/m0/s1. The Morgan fingerprint density at radius 3 is 2.87 bits per heavy atom. The van der Waals surface area contributed by atoms with Gasteiger partial charge in [-0.25, -0.2) is 4.79 Å². The molecule has 1 heterocycles. The molecule has 0 aromatic heterocycles. The molecule has 1 fully saturated rings. The summed E-state index contributed by atoms with van der Waals surface area (Å²) in [7, 11) is 0. The van der Waals surface area contributed by atoms with Crippen molar-refractivity contribution < 1.29 is 19.8 Å². The molecule has 0 radical (unpaired) electrons. The van der Waals surface area contributed by atoms with Crippen LogP contribution in [0, 0.1) is 0 Å². The summed E-state index contributed by atoms with van der Waals surface area (Å²) in [6.07, 6.45) is 3.82. The summed E-state index contributed by atoms with van der Waals surface area (Å²) >= 11 is 7.79. The number of amides is 1. The molecule has 1 amide bonds. The number of nitrogens with zero attached hydrogens (tertiary/aromatic N) is 1. The number of carbonyl (C=O) groups is 2. The van der Waals surface area contributed by atoms with Gasteiger partial charge in [0.25, 0.3) is 5.91 Å². The molecule has 0 spiro atoms. The van der Waals surface area contributed by atoms with Crippen molar-refractivity contribution in [3.8, 4) is 5.75 Å². The van der Waals surface area contributed by atoms with Crippen LogP contribution < -0.4 is 0 Å². The first-order chi connectivity index (χ1) is 10.9. The van der Waals surface area contributed by atoms with Gasteiger partial charge in [0.15, 0.2) is 0 Å². The fourth-order valence-corrected chi connectivity index (χ4v) is 3.92. The van der Waals surface area contributed by atoms with Gasteiger partial charge in [0.05, 0.1) is 4.91 Å². The fraction of sp³-hybridized carbons (Fsp3) is 0.267. The molecule has 0 unspecified atom stereocenters. The average molecular weight is 369 g/mol. The molecule has 1 aromatic carbocycles. The normalized spacial score (nSPS) is 17.8. The van der Waals surface area contributed by atoms with E-state index < -0.39 is 17.9 Å². The second-order valence-electron chi connectivity index (χ2n) is 4.78. The highest BCUT2D eigenvalue weighted by molar-refractivity contribution is 8.26. The first kappa shape index (κ1) is 17.8. The number of hydrogen-bond acceptors (Lipinski definition) is 6. The van der Waals surface area contributed by atoms with Gasteiger partial charge in [0.1, 0.15) is 16.1 Å². The zero-order valence-corrected chi connectivity index (χ0v) is 14.7. The minimum absolute atomic E-state index is 0.0950. The van der Waals surface area contributed by atoms with Crippen LogP contribution in [0.4, 0.5) is 0 Å². The molecule has 1 aromatic rings. The first-order valence-corrected chi connectivity index (χ1v) is 9.33. The maximum absolute atomic E-state index is 12.5. The number of aliphatic carboxylic acids is 1. The SMILES string of the molecule is CSCC[C@@H](C(=O)O)N1C(=O)/C(=C/c2cccc(O)c2)SC1=S. The van der Waals surface area contributed by atoms with Gasteiger partial charge >= 0.3 is 5.97 Å². The average Bonchev–Trinajstić information content (AvgIpc) is 2.75. The summed E-state index contributed by atoms with van der Waals surface area (Å²) in [4.78, 5) is 25.5. The number of benzene rings is 1. The van der Waals surface area contributed by atoms with Crippen molar-refractivity contribution in [3.05, 3.63) is 34.7 Å². The van der Waals surface area contributed by atoms with Gasteiger partial charge in [-0.2, -0.15) is 11.8 Å². The Morgan fingerprint density at radius 2 is 2.26 bits per heavy atom. The van der Waals surface area contributed by atoms with Gasteiger partial charge in [0.2, 0.25) is 0 Å². The minimum atomic E-state index is -1.06. The van der Waals surface area contributed by atoms with E-state index in [1.807, 2.05) is 6.26 Å². The summed E-state index contributed by atoms with van der Waals surface area (Å²) in [5.41, 5.74) is 0.654. The van der Waals surface area contributed by atoms with E-state index in [1.54, 1.807) is 18.2 Å². The molecule has 0 saturated carbocycles. The lowest BCUT2D eigenvalue weighted by Crippen LogP contribution is -2.44. The molecule has 1 atom stereocenters. The van der Waals surface area contributed by atoms with Crippen molar-refractivity contribution in [2.24, 2.45) is 0 Å². The summed E-state index contributed by atoms with van der Waals surface area (Å²) < 4.78 is 0.245. The smallest absolute Gasteiger partial charge is 0.326 e. The predicted molar refractivity (Wildman–Crippen MR) is 97.5 cm³/mol. The van der Waals surface area contributed by atoms with Crippen molar-refractivity contribution >= 4 is 58.0 Å². The number of carboxylic acids is 1. The third-order valence-electron chi connectivity index (χ3n) is 3.18. The third-order valence-corrected chi connectivity index (χ3v) is 5.16. The van der Waals surface area contributed by atoms with E-state index in [1.165, 1.54) is 28.8 Å². The van der Waals surface area contributed by atoms with Crippen LogP contribution in [-0.4, -0.2) is 49.4 Å². The van der Waals surface area contributed by atoms with Crippen LogP contribution in [0.25, 0.3) is 6.08 Å². The molecule has 1 aliphatic rings. The van der Waals surface area contributed by atoms with Gasteiger partial charge in [-0.1, -0.05) is 36.1 Å². The first-order valence-electron chi connectivity index (χ1n) is 6.72. The van der Waals surface area contributed by atoms with Crippen LogP contribution >= 0.6 is 35.7 Å². The topological polar surface area (TPSA) is 77.8 Å². The Balaban J connectivity index is 2.26. The molecule has 2 N–H and O–H groups in total. The van der Waals surface area contributed by atoms with Crippen molar-refractivity contribution in [3.63, 3.8) is 0 Å². The largest absolute Gasteiger partial charge is 0.508 e. The van der Waals surface area contributed by atoms with Crippen molar-refractivity contribution in [1.29, 1.82) is 0 Å². The lowest BCUT2D eigenvalue weighted by Gasteiger charge is -2.22. The van der Waals surface area contributed by atoms with Crippen molar-refractivity contribution in [2.75, 3.05) is 12.0 Å². The van der Waals surface area contributed by atoms with Crippen LogP contribution in [0.2, 0.25) is 0 Å². The highest BCUT2D eigenvalue weighted by Gasteiger charge is 2.40. The van der Waals surface area contributed by atoms with Crippen LogP contribution in [0.5, 0.6) is 5.75 Å².